The van der Waals surface area contributed by atoms with Gasteiger partial charge in [0.1, 0.15) is 0 Å². The van der Waals surface area contributed by atoms with E-state index >= 15 is 0 Å². The Balaban J connectivity index is 1.44. The Hall–Kier alpha value is -1.84. The number of rotatable bonds is 5. The zero-order chi connectivity index (χ0) is 18.5. The van der Waals surface area contributed by atoms with E-state index in [2.05, 4.69) is 36.6 Å². The number of hydrogen-bond donors (Lipinski definition) is 2. The summed E-state index contributed by atoms with van der Waals surface area (Å²) in [5.41, 5.74) is 2.14. The summed E-state index contributed by atoms with van der Waals surface area (Å²) in [7, 11) is 0. The van der Waals surface area contributed by atoms with Gasteiger partial charge < -0.3 is 10.6 Å². The molecule has 0 aliphatic heterocycles. The largest absolute Gasteiger partial charge is 0.353 e. The van der Waals surface area contributed by atoms with Crippen LogP contribution in [0.4, 0.5) is 5.69 Å². The van der Waals surface area contributed by atoms with Crippen LogP contribution < -0.4 is 10.6 Å². The predicted molar refractivity (Wildman–Crippen MR) is 105 cm³/mol. The summed E-state index contributed by atoms with van der Waals surface area (Å²) in [6.45, 7) is 4.32. The first-order chi connectivity index (χ1) is 12.5. The molecule has 4 nitrogen and oxygen atoms in total. The zero-order valence-corrected chi connectivity index (χ0v) is 16.1. The maximum Gasteiger partial charge on any atom is 0.227 e. The summed E-state index contributed by atoms with van der Waals surface area (Å²) in [6.07, 6.45) is 7.97. The summed E-state index contributed by atoms with van der Waals surface area (Å²) in [5, 5.41) is 6.25. The molecule has 4 heteroatoms. The van der Waals surface area contributed by atoms with Crippen LogP contribution in [0.3, 0.4) is 0 Å². The third-order valence-corrected chi connectivity index (χ3v) is 6.02. The van der Waals surface area contributed by atoms with Gasteiger partial charge in [0.15, 0.2) is 0 Å². The van der Waals surface area contributed by atoms with Gasteiger partial charge in [-0.2, -0.15) is 0 Å². The van der Waals surface area contributed by atoms with Crippen LogP contribution >= 0.6 is 0 Å². The van der Waals surface area contributed by atoms with E-state index in [9.17, 15) is 9.59 Å². The molecule has 2 amide bonds. The molecule has 0 aromatic heterocycles. The van der Waals surface area contributed by atoms with Gasteiger partial charge >= 0.3 is 0 Å². The third kappa shape index (κ3) is 4.87. The Morgan fingerprint density at radius 1 is 0.846 bits per heavy atom. The Morgan fingerprint density at radius 2 is 1.38 bits per heavy atom. The van der Waals surface area contributed by atoms with Gasteiger partial charge in [0, 0.05) is 23.6 Å². The van der Waals surface area contributed by atoms with Gasteiger partial charge in [-0.15, -0.1) is 0 Å². The van der Waals surface area contributed by atoms with Crippen molar-refractivity contribution >= 4 is 17.5 Å². The van der Waals surface area contributed by atoms with Gasteiger partial charge in [-0.1, -0.05) is 38.8 Å². The lowest BCUT2D eigenvalue weighted by Gasteiger charge is -2.28. The molecule has 0 saturated heterocycles. The van der Waals surface area contributed by atoms with Gasteiger partial charge in [-0.25, -0.2) is 0 Å². The lowest BCUT2D eigenvalue weighted by molar-refractivity contribution is -0.129. The molecule has 2 fully saturated rings. The van der Waals surface area contributed by atoms with Crippen molar-refractivity contribution in [1.82, 2.24) is 5.32 Å². The molecule has 2 saturated carbocycles. The monoisotopic (exact) mass is 356 g/mol. The highest BCUT2D eigenvalue weighted by Crippen LogP contribution is 2.30. The first-order valence-electron chi connectivity index (χ1n) is 10.2. The molecule has 0 radical (unpaired) electrons. The fourth-order valence-electron chi connectivity index (χ4n) is 4.20. The number of hydrogen-bond acceptors (Lipinski definition) is 2. The summed E-state index contributed by atoms with van der Waals surface area (Å²) < 4.78 is 0. The van der Waals surface area contributed by atoms with Crippen LogP contribution in [-0.2, 0) is 9.59 Å². The number of carbonyl (C=O) groups is 2. The molecule has 0 unspecified atom stereocenters. The minimum atomic E-state index is 0.0234. The smallest absolute Gasteiger partial charge is 0.227 e. The number of benzene rings is 1. The van der Waals surface area contributed by atoms with Crippen molar-refractivity contribution in [2.75, 3.05) is 5.32 Å². The SMILES string of the molecule is CC(C)c1ccc(NC(=O)C2CCC(C(=O)NC3CCCC3)CC2)cc1. The lowest BCUT2D eigenvalue weighted by atomic mass is 9.81. The fourth-order valence-corrected chi connectivity index (χ4v) is 4.20. The highest BCUT2D eigenvalue weighted by atomic mass is 16.2. The summed E-state index contributed by atoms with van der Waals surface area (Å²) >= 11 is 0. The molecule has 0 atom stereocenters. The van der Waals surface area contributed by atoms with Gasteiger partial charge in [-0.3, -0.25) is 9.59 Å². The van der Waals surface area contributed by atoms with Crippen LogP contribution in [0.25, 0.3) is 0 Å². The molecule has 1 aromatic rings. The van der Waals surface area contributed by atoms with Crippen LogP contribution in [0.2, 0.25) is 0 Å². The predicted octanol–water partition coefficient (Wildman–Crippen LogP) is 4.61. The second-order valence-electron chi connectivity index (χ2n) is 8.30. The van der Waals surface area contributed by atoms with Gasteiger partial charge in [-0.05, 0) is 62.1 Å². The first kappa shape index (κ1) is 18.9. The number of amides is 2. The summed E-state index contributed by atoms with van der Waals surface area (Å²) in [4.78, 5) is 24.9. The van der Waals surface area contributed by atoms with E-state index in [1.807, 2.05) is 12.1 Å². The molecule has 26 heavy (non-hydrogen) atoms. The molecule has 1 aromatic carbocycles. The van der Waals surface area contributed by atoms with Crippen molar-refractivity contribution in [2.24, 2.45) is 11.8 Å². The third-order valence-electron chi connectivity index (χ3n) is 6.02. The van der Waals surface area contributed by atoms with Crippen molar-refractivity contribution in [2.45, 2.75) is 77.2 Å². The Bertz CT molecular complexity index is 610. The molecule has 0 heterocycles. The van der Waals surface area contributed by atoms with E-state index in [1.165, 1.54) is 18.4 Å². The van der Waals surface area contributed by atoms with E-state index in [4.69, 9.17) is 0 Å². The van der Waals surface area contributed by atoms with Crippen LogP contribution in [0.1, 0.15) is 76.7 Å². The van der Waals surface area contributed by atoms with E-state index in [-0.39, 0.29) is 23.7 Å². The highest BCUT2D eigenvalue weighted by molar-refractivity contribution is 5.92. The quantitative estimate of drug-likeness (QED) is 0.809. The molecule has 2 aliphatic rings. The fraction of sp³-hybridized carbons (Fsp3) is 0.636. The molecular weight excluding hydrogens is 324 g/mol. The Labute approximate surface area is 157 Å². The van der Waals surface area contributed by atoms with E-state index in [0.29, 0.717) is 12.0 Å². The van der Waals surface area contributed by atoms with E-state index in [1.54, 1.807) is 0 Å². The molecule has 0 bridgehead atoms. The number of anilines is 1. The van der Waals surface area contributed by atoms with Crippen molar-refractivity contribution in [1.29, 1.82) is 0 Å². The standard InChI is InChI=1S/C22H32N2O2/c1-15(2)16-11-13-20(14-12-16)24-22(26)18-9-7-17(8-10-18)21(25)23-19-5-3-4-6-19/h11-15,17-19H,3-10H2,1-2H3,(H,23,25)(H,24,26). The zero-order valence-electron chi connectivity index (χ0n) is 16.1. The lowest BCUT2D eigenvalue weighted by Crippen LogP contribution is -2.39. The highest BCUT2D eigenvalue weighted by Gasteiger charge is 2.31. The van der Waals surface area contributed by atoms with Crippen molar-refractivity contribution in [3.63, 3.8) is 0 Å². The van der Waals surface area contributed by atoms with Crippen molar-refractivity contribution < 1.29 is 9.59 Å². The second kappa shape index (κ2) is 8.70. The topological polar surface area (TPSA) is 58.2 Å². The second-order valence-corrected chi connectivity index (χ2v) is 8.30. The van der Waals surface area contributed by atoms with Crippen molar-refractivity contribution in [3.8, 4) is 0 Å². The molecular formula is C22H32N2O2. The Kier molecular flexibility index (Phi) is 6.33. The minimum Gasteiger partial charge on any atom is -0.353 e. The van der Waals surface area contributed by atoms with Gasteiger partial charge in [0.25, 0.3) is 0 Å². The van der Waals surface area contributed by atoms with Crippen LogP contribution in [0.5, 0.6) is 0 Å². The average molecular weight is 357 g/mol. The molecule has 0 spiro atoms. The summed E-state index contributed by atoms with van der Waals surface area (Å²) in [5.74, 6) is 0.905. The molecule has 142 valence electrons. The first-order valence-corrected chi connectivity index (χ1v) is 10.2. The van der Waals surface area contributed by atoms with Crippen LogP contribution in [-0.4, -0.2) is 17.9 Å². The average Bonchev–Trinajstić information content (AvgIpc) is 3.15. The minimum absolute atomic E-state index is 0.0234. The molecule has 2 N–H and O–H groups in total. The van der Waals surface area contributed by atoms with Crippen molar-refractivity contribution in [3.05, 3.63) is 29.8 Å². The Morgan fingerprint density at radius 3 is 1.92 bits per heavy atom. The van der Waals surface area contributed by atoms with Crippen LogP contribution in [0.15, 0.2) is 24.3 Å². The maximum absolute atomic E-state index is 12.5. The maximum atomic E-state index is 12.5. The molecule has 2 aliphatic carbocycles. The van der Waals surface area contributed by atoms with E-state index in [0.717, 1.165) is 44.2 Å². The molecule has 3 rings (SSSR count). The number of carbonyl (C=O) groups excluding carboxylic acids is 2. The van der Waals surface area contributed by atoms with E-state index < -0.39 is 0 Å². The summed E-state index contributed by atoms with van der Waals surface area (Å²) in [6, 6.07) is 8.49. The van der Waals surface area contributed by atoms with Gasteiger partial charge in [0.2, 0.25) is 11.8 Å². The van der Waals surface area contributed by atoms with Crippen LogP contribution in [0, 0.1) is 11.8 Å². The number of nitrogens with one attached hydrogen (secondary N) is 2. The van der Waals surface area contributed by atoms with Gasteiger partial charge in [0.05, 0.1) is 0 Å². The normalized spacial score (nSPS) is 23.8.